The Morgan fingerprint density at radius 2 is 2.00 bits per heavy atom. The molecule has 0 aliphatic carbocycles. The van der Waals surface area contributed by atoms with Gasteiger partial charge in [0.1, 0.15) is 5.75 Å². The highest BCUT2D eigenvalue weighted by Crippen LogP contribution is 2.31. The van der Waals surface area contributed by atoms with Crippen LogP contribution in [0.4, 0.5) is 4.39 Å². The van der Waals surface area contributed by atoms with E-state index in [4.69, 9.17) is 22.1 Å². The number of ether oxygens (including phenoxy) is 1. The molecular formula is C17H19ClFNO. The summed E-state index contributed by atoms with van der Waals surface area (Å²) in [6.45, 7) is 4.04. The van der Waals surface area contributed by atoms with Gasteiger partial charge in [-0.1, -0.05) is 42.3 Å². The van der Waals surface area contributed by atoms with E-state index in [1.54, 1.807) is 12.1 Å². The fourth-order valence-electron chi connectivity index (χ4n) is 2.08. The van der Waals surface area contributed by atoms with Crippen molar-refractivity contribution in [3.8, 4) is 11.5 Å². The van der Waals surface area contributed by atoms with Gasteiger partial charge in [-0.2, -0.15) is 0 Å². The van der Waals surface area contributed by atoms with Crippen LogP contribution in [-0.2, 0) is 6.42 Å². The number of hydrogen-bond donors (Lipinski definition) is 1. The van der Waals surface area contributed by atoms with Crippen molar-refractivity contribution in [2.45, 2.75) is 32.7 Å². The minimum atomic E-state index is -0.550. The molecule has 112 valence electrons. The van der Waals surface area contributed by atoms with Crippen LogP contribution in [0.15, 0.2) is 36.4 Å². The zero-order valence-electron chi connectivity index (χ0n) is 12.2. The third kappa shape index (κ3) is 3.96. The van der Waals surface area contributed by atoms with E-state index in [0.29, 0.717) is 12.2 Å². The van der Waals surface area contributed by atoms with Gasteiger partial charge in [-0.3, -0.25) is 0 Å². The van der Waals surface area contributed by atoms with Gasteiger partial charge in [-0.05, 0) is 43.5 Å². The molecular weight excluding hydrogens is 289 g/mol. The summed E-state index contributed by atoms with van der Waals surface area (Å²) in [7, 11) is 0. The van der Waals surface area contributed by atoms with Crippen molar-refractivity contribution in [2.24, 2.45) is 5.73 Å². The molecule has 4 heteroatoms. The van der Waals surface area contributed by atoms with Crippen LogP contribution in [0.25, 0.3) is 0 Å². The lowest BCUT2D eigenvalue weighted by molar-refractivity contribution is 0.435. The summed E-state index contributed by atoms with van der Waals surface area (Å²) in [5.74, 6) is 0.189. The highest BCUT2D eigenvalue weighted by Gasteiger charge is 2.13. The summed E-state index contributed by atoms with van der Waals surface area (Å²) < 4.78 is 19.7. The molecule has 0 aromatic heterocycles. The monoisotopic (exact) mass is 307 g/mol. The van der Waals surface area contributed by atoms with Gasteiger partial charge in [0.2, 0.25) is 0 Å². The van der Waals surface area contributed by atoms with Gasteiger partial charge in [0.15, 0.2) is 11.6 Å². The van der Waals surface area contributed by atoms with E-state index in [1.165, 1.54) is 6.07 Å². The Morgan fingerprint density at radius 3 is 2.71 bits per heavy atom. The molecule has 2 aromatic rings. The van der Waals surface area contributed by atoms with Gasteiger partial charge in [0, 0.05) is 6.04 Å². The minimum absolute atomic E-state index is 0.0476. The van der Waals surface area contributed by atoms with Crippen LogP contribution in [0.3, 0.4) is 0 Å². The summed E-state index contributed by atoms with van der Waals surface area (Å²) in [6.07, 6.45) is 1.56. The molecule has 0 amide bonds. The average molecular weight is 308 g/mol. The molecule has 0 bridgehead atoms. The first kappa shape index (κ1) is 15.8. The van der Waals surface area contributed by atoms with Gasteiger partial charge in [0.05, 0.1) is 5.02 Å². The van der Waals surface area contributed by atoms with Crippen molar-refractivity contribution in [1.29, 1.82) is 0 Å². The summed E-state index contributed by atoms with van der Waals surface area (Å²) in [5.41, 5.74) is 8.11. The molecule has 0 heterocycles. The fourth-order valence-corrected chi connectivity index (χ4v) is 2.24. The van der Waals surface area contributed by atoms with Gasteiger partial charge in [-0.15, -0.1) is 0 Å². The topological polar surface area (TPSA) is 35.2 Å². The molecule has 21 heavy (non-hydrogen) atoms. The van der Waals surface area contributed by atoms with Crippen molar-refractivity contribution in [3.05, 3.63) is 58.4 Å². The van der Waals surface area contributed by atoms with E-state index < -0.39 is 5.82 Å². The highest BCUT2D eigenvalue weighted by molar-refractivity contribution is 6.30. The number of nitrogens with two attached hydrogens (primary N) is 1. The van der Waals surface area contributed by atoms with Crippen LogP contribution < -0.4 is 10.5 Å². The van der Waals surface area contributed by atoms with Crippen molar-refractivity contribution in [2.75, 3.05) is 0 Å². The summed E-state index contributed by atoms with van der Waals surface area (Å²) in [6, 6.07) is 10.6. The van der Waals surface area contributed by atoms with Crippen LogP contribution >= 0.6 is 11.6 Å². The van der Waals surface area contributed by atoms with Crippen molar-refractivity contribution < 1.29 is 9.13 Å². The molecule has 2 N–H and O–H groups in total. The predicted octanol–water partition coefficient (Wildman–Crippen LogP) is 4.86. The molecule has 0 fully saturated rings. The standard InChI is InChI=1S/C17H19ClFNO/c1-3-13(20)10-12-9-11(2)7-8-15(12)21-16-6-4-5-14(18)17(16)19/h4-9,13H,3,10,20H2,1-2H3. The normalized spacial score (nSPS) is 12.2. The first-order chi connectivity index (χ1) is 10.0. The Kier molecular flexibility index (Phi) is 5.21. The second-order valence-electron chi connectivity index (χ2n) is 5.14. The molecule has 0 saturated carbocycles. The zero-order chi connectivity index (χ0) is 15.4. The van der Waals surface area contributed by atoms with E-state index in [0.717, 1.165) is 17.5 Å². The third-order valence-electron chi connectivity index (χ3n) is 3.36. The second kappa shape index (κ2) is 6.92. The van der Waals surface area contributed by atoms with Crippen molar-refractivity contribution in [3.63, 3.8) is 0 Å². The quantitative estimate of drug-likeness (QED) is 0.856. The maximum Gasteiger partial charge on any atom is 0.184 e. The fraction of sp³-hybridized carbons (Fsp3) is 0.294. The zero-order valence-corrected chi connectivity index (χ0v) is 13.0. The van der Waals surface area contributed by atoms with E-state index in [9.17, 15) is 4.39 Å². The molecule has 0 aliphatic rings. The molecule has 1 atom stereocenters. The largest absolute Gasteiger partial charge is 0.454 e. The maximum atomic E-state index is 13.9. The highest BCUT2D eigenvalue weighted by atomic mass is 35.5. The number of rotatable bonds is 5. The smallest absolute Gasteiger partial charge is 0.184 e. The molecule has 2 aromatic carbocycles. The van der Waals surface area contributed by atoms with Gasteiger partial charge >= 0.3 is 0 Å². The van der Waals surface area contributed by atoms with Crippen LogP contribution in [0.1, 0.15) is 24.5 Å². The third-order valence-corrected chi connectivity index (χ3v) is 3.65. The lowest BCUT2D eigenvalue weighted by Crippen LogP contribution is -2.21. The number of halogens is 2. The molecule has 0 spiro atoms. The summed E-state index contributed by atoms with van der Waals surface area (Å²) in [5, 5.41) is 0.0476. The Labute approximate surface area is 129 Å². The van der Waals surface area contributed by atoms with Crippen molar-refractivity contribution in [1.82, 2.24) is 0 Å². The van der Waals surface area contributed by atoms with E-state index in [-0.39, 0.29) is 16.8 Å². The molecule has 0 radical (unpaired) electrons. The minimum Gasteiger partial charge on any atom is -0.454 e. The van der Waals surface area contributed by atoms with Crippen LogP contribution in [0, 0.1) is 12.7 Å². The number of hydrogen-bond acceptors (Lipinski definition) is 2. The Balaban J connectivity index is 2.33. The first-order valence-corrected chi connectivity index (χ1v) is 7.36. The number of benzene rings is 2. The Bertz CT molecular complexity index is 630. The molecule has 0 aliphatic heterocycles. The lowest BCUT2D eigenvalue weighted by Gasteiger charge is -2.15. The first-order valence-electron chi connectivity index (χ1n) is 6.98. The number of aryl methyl sites for hydroxylation is 1. The lowest BCUT2D eigenvalue weighted by atomic mass is 10.0. The molecule has 0 saturated heterocycles. The molecule has 2 nitrogen and oxygen atoms in total. The molecule has 2 rings (SSSR count). The van der Waals surface area contributed by atoms with E-state index in [1.807, 2.05) is 32.0 Å². The predicted molar refractivity (Wildman–Crippen MR) is 84.6 cm³/mol. The van der Waals surface area contributed by atoms with Crippen LogP contribution in [0.5, 0.6) is 11.5 Å². The maximum absolute atomic E-state index is 13.9. The van der Waals surface area contributed by atoms with E-state index >= 15 is 0 Å². The van der Waals surface area contributed by atoms with Crippen LogP contribution in [0.2, 0.25) is 5.02 Å². The van der Waals surface area contributed by atoms with Gasteiger partial charge < -0.3 is 10.5 Å². The SMILES string of the molecule is CCC(N)Cc1cc(C)ccc1Oc1cccc(Cl)c1F. The van der Waals surface area contributed by atoms with Gasteiger partial charge in [0.25, 0.3) is 0 Å². The summed E-state index contributed by atoms with van der Waals surface area (Å²) in [4.78, 5) is 0. The van der Waals surface area contributed by atoms with Gasteiger partial charge in [-0.25, -0.2) is 4.39 Å². The Morgan fingerprint density at radius 1 is 1.24 bits per heavy atom. The molecule has 1 unspecified atom stereocenters. The Hall–Kier alpha value is -1.58. The summed E-state index contributed by atoms with van der Waals surface area (Å²) >= 11 is 5.78. The van der Waals surface area contributed by atoms with Crippen molar-refractivity contribution >= 4 is 11.6 Å². The van der Waals surface area contributed by atoms with E-state index in [2.05, 4.69) is 0 Å². The average Bonchev–Trinajstić information content (AvgIpc) is 2.46. The second-order valence-corrected chi connectivity index (χ2v) is 5.54. The van der Waals surface area contributed by atoms with Crippen LogP contribution in [-0.4, -0.2) is 6.04 Å².